The van der Waals surface area contributed by atoms with Crippen molar-refractivity contribution < 1.29 is 14.4 Å². The van der Waals surface area contributed by atoms with E-state index < -0.39 is 0 Å². The van der Waals surface area contributed by atoms with Gasteiger partial charge < -0.3 is 20.3 Å². The Labute approximate surface area is 111 Å². The molecule has 0 aromatic carbocycles. The van der Waals surface area contributed by atoms with Crippen LogP contribution in [-0.4, -0.2) is 39.4 Å². The van der Waals surface area contributed by atoms with Crippen molar-refractivity contribution >= 4 is 11.7 Å². The van der Waals surface area contributed by atoms with E-state index in [1.165, 1.54) is 0 Å². The van der Waals surface area contributed by atoms with Gasteiger partial charge in [0.25, 0.3) is 5.91 Å². The first-order valence-corrected chi connectivity index (χ1v) is 6.27. The Morgan fingerprint density at radius 2 is 2.26 bits per heavy atom. The average Bonchev–Trinajstić information content (AvgIpc) is 2.76. The van der Waals surface area contributed by atoms with Gasteiger partial charge in [0.1, 0.15) is 0 Å². The summed E-state index contributed by atoms with van der Waals surface area (Å²) in [5.41, 5.74) is 6.22. The molecule has 1 unspecified atom stereocenters. The lowest BCUT2D eigenvalue weighted by molar-refractivity contribution is 0.0641. The number of carbonyl (C=O) groups excluding carboxylic acids is 1. The van der Waals surface area contributed by atoms with Crippen molar-refractivity contribution in [3.8, 4) is 0 Å². The van der Waals surface area contributed by atoms with E-state index in [2.05, 4.69) is 10.1 Å². The monoisotopic (exact) mass is 266 g/mol. The van der Waals surface area contributed by atoms with Crippen LogP contribution >= 0.6 is 0 Å². The second-order valence-electron chi connectivity index (χ2n) is 4.68. The van der Waals surface area contributed by atoms with Crippen molar-refractivity contribution in [1.29, 1.82) is 0 Å². The summed E-state index contributed by atoms with van der Waals surface area (Å²) in [6.07, 6.45) is 2.53. The van der Waals surface area contributed by atoms with Gasteiger partial charge in [0.2, 0.25) is 5.76 Å². The molecule has 1 aliphatic heterocycles. The first-order valence-electron chi connectivity index (χ1n) is 6.27. The summed E-state index contributed by atoms with van der Waals surface area (Å²) in [6, 6.07) is -0.379. The first-order chi connectivity index (χ1) is 9.04. The number of hydrogen-bond donors (Lipinski definition) is 2. The third-order valence-electron chi connectivity index (χ3n) is 3.32. The molecule has 1 fully saturated rings. The Morgan fingerprint density at radius 3 is 2.84 bits per heavy atom. The van der Waals surface area contributed by atoms with Crippen molar-refractivity contribution in [2.24, 2.45) is 10.9 Å². The van der Waals surface area contributed by atoms with E-state index in [1.807, 2.05) is 0 Å². The minimum atomic E-state index is -0.379. The zero-order chi connectivity index (χ0) is 14.0. The van der Waals surface area contributed by atoms with Crippen LogP contribution in [0.15, 0.2) is 9.57 Å². The van der Waals surface area contributed by atoms with Gasteiger partial charge in [0.05, 0.1) is 11.7 Å². The van der Waals surface area contributed by atoms with Crippen LogP contribution in [0.1, 0.15) is 41.4 Å². The van der Waals surface area contributed by atoms with E-state index in [1.54, 1.807) is 18.7 Å². The number of aryl methyl sites for hydroxylation is 2. The quantitative estimate of drug-likeness (QED) is 0.360. The number of oxazole rings is 1. The molecule has 2 rings (SSSR count). The summed E-state index contributed by atoms with van der Waals surface area (Å²) in [7, 11) is 0. The highest BCUT2D eigenvalue weighted by Crippen LogP contribution is 2.21. The number of oxime groups is 1. The molecule has 2 heterocycles. The van der Waals surface area contributed by atoms with Crippen molar-refractivity contribution in [3.63, 3.8) is 0 Å². The lowest BCUT2D eigenvalue weighted by Gasteiger charge is -2.34. The van der Waals surface area contributed by atoms with Gasteiger partial charge >= 0.3 is 0 Å². The average molecular weight is 266 g/mol. The maximum absolute atomic E-state index is 12.5. The number of nitrogens with zero attached hydrogens (tertiary/aromatic N) is 3. The Balaban J connectivity index is 2.27. The van der Waals surface area contributed by atoms with Crippen molar-refractivity contribution in [3.05, 3.63) is 17.3 Å². The second-order valence-corrected chi connectivity index (χ2v) is 4.68. The summed E-state index contributed by atoms with van der Waals surface area (Å²) in [4.78, 5) is 18.1. The molecule has 7 heteroatoms. The molecule has 1 atom stereocenters. The molecule has 1 amide bonds. The molecule has 1 aliphatic rings. The van der Waals surface area contributed by atoms with E-state index in [0.29, 0.717) is 24.6 Å². The fourth-order valence-corrected chi connectivity index (χ4v) is 2.41. The van der Waals surface area contributed by atoms with E-state index >= 15 is 0 Å². The molecule has 1 aromatic rings. The van der Waals surface area contributed by atoms with Crippen molar-refractivity contribution in [2.75, 3.05) is 6.54 Å². The van der Waals surface area contributed by atoms with Gasteiger partial charge in [-0.25, -0.2) is 4.98 Å². The van der Waals surface area contributed by atoms with Gasteiger partial charge in [0.15, 0.2) is 11.7 Å². The predicted molar refractivity (Wildman–Crippen MR) is 68.1 cm³/mol. The predicted octanol–water partition coefficient (Wildman–Crippen LogP) is 1.03. The maximum Gasteiger partial charge on any atom is 0.292 e. The van der Waals surface area contributed by atoms with Crippen LogP contribution < -0.4 is 5.73 Å². The normalized spacial score (nSPS) is 20.6. The van der Waals surface area contributed by atoms with Crippen LogP contribution in [-0.2, 0) is 0 Å². The second kappa shape index (κ2) is 5.29. The zero-order valence-corrected chi connectivity index (χ0v) is 11.1. The Morgan fingerprint density at radius 1 is 1.53 bits per heavy atom. The number of rotatable bonds is 2. The number of aromatic nitrogens is 1. The van der Waals surface area contributed by atoms with E-state index in [-0.39, 0.29) is 23.5 Å². The van der Waals surface area contributed by atoms with Crippen LogP contribution in [0.2, 0.25) is 0 Å². The highest BCUT2D eigenvalue weighted by Gasteiger charge is 2.33. The number of likely N-dealkylation sites (tertiary alicyclic amines) is 1. The number of hydrogen-bond acceptors (Lipinski definition) is 5. The van der Waals surface area contributed by atoms with Gasteiger partial charge in [0, 0.05) is 13.5 Å². The summed E-state index contributed by atoms with van der Waals surface area (Å²) >= 11 is 0. The Bertz CT molecular complexity index is 509. The fourth-order valence-electron chi connectivity index (χ4n) is 2.41. The molecular weight excluding hydrogens is 248 g/mol. The zero-order valence-electron chi connectivity index (χ0n) is 11.1. The fraction of sp³-hybridized carbons (Fsp3) is 0.583. The van der Waals surface area contributed by atoms with Crippen molar-refractivity contribution in [2.45, 2.75) is 39.2 Å². The van der Waals surface area contributed by atoms with E-state index in [0.717, 1.165) is 12.8 Å². The summed E-state index contributed by atoms with van der Waals surface area (Å²) in [5.74, 6) is 0.490. The lowest BCUT2D eigenvalue weighted by atomic mass is 10.0. The number of carbonyl (C=O) groups is 1. The molecule has 7 nitrogen and oxygen atoms in total. The number of amidine groups is 1. The number of amides is 1. The molecule has 19 heavy (non-hydrogen) atoms. The SMILES string of the molecule is Cc1nc(C)c(C(=O)N2CCCCC2C(N)=NO)o1. The van der Waals surface area contributed by atoms with Crippen LogP contribution in [0.5, 0.6) is 0 Å². The third kappa shape index (κ3) is 2.54. The molecular formula is C12H18N4O3. The molecule has 1 saturated heterocycles. The number of nitrogens with two attached hydrogens (primary N) is 1. The third-order valence-corrected chi connectivity index (χ3v) is 3.32. The van der Waals surface area contributed by atoms with Gasteiger partial charge in [-0.05, 0) is 26.2 Å². The van der Waals surface area contributed by atoms with Gasteiger partial charge in [-0.15, -0.1) is 0 Å². The Hall–Kier alpha value is -2.05. The Kier molecular flexibility index (Phi) is 3.73. The molecule has 0 saturated carbocycles. The summed E-state index contributed by atoms with van der Waals surface area (Å²) in [6.45, 7) is 3.99. The molecule has 0 aliphatic carbocycles. The maximum atomic E-state index is 12.5. The van der Waals surface area contributed by atoms with Crippen LogP contribution in [0.3, 0.4) is 0 Å². The molecule has 1 aromatic heterocycles. The van der Waals surface area contributed by atoms with E-state index in [4.69, 9.17) is 15.4 Å². The molecule has 104 valence electrons. The standard InChI is InChI=1S/C12H18N4O3/c1-7-10(19-8(2)14-7)12(17)16-6-4-3-5-9(16)11(13)15-18/h9,18H,3-6H2,1-2H3,(H2,13,15). The topological polar surface area (TPSA) is 105 Å². The summed E-state index contributed by atoms with van der Waals surface area (Å²) < 4.78 is 5.35. The minimum Gasteiger partial charge on any atom is -0.436 e. The highest BCUT2D eigenvalue weighted by atomic mass is 16.4. The molecule has 0 radical (unpaired) electrons. The van der Waals surface area contributed by atoms with Crippen molar-refractivity contribution in [1.82, 2.24) is 9.88 Å². The first kappa shape index (κ1) is 13.4. The van der Waals surface area contributed by atoms with Crippen LogP contribution in [0.4, 0.5) is 0 Å². The minimum absolute atomic E-state index is 0.0574. The smallest absolute Gasteiger partial charge is 0.292 e. The van der Waals surface area contributed by atoms with Gasteiger partial charge in [-0.1, -0.05) is 5.16 Å². The molecule has 0 bridgehead atoms. The van der Waals surface area contributed by atoms with Crippen LogP contribution in [0, 0.1) is 13.8 Å². The van der Waals surface area contributed by atoms with Gasteiger partial charge in [-0.2, -0.15) is 0 Å². The summed E-state index contributed by atoms with van der Waals surface area (Å²) in [5, 5.41) is 11.8. The number of piperidine rings is 1. The largest absolute Gasteiger partial charge is 0.436 e. The van der Waals surface area contributed by atoms with Gasteiger partial charge in [-0.3, -0.25) is 4.79 Å². The molecule has 3 N–H and O–H groups in total. The molecule has 0 spiro atoms. The highest BCUT2D eigenvalue weighted by molar-refractivity contribution is 5.97. The van der Waals surface area contributed by atoms with Crippen LogP contribution in [0.25, 0.3) is 0 Å². The van der Waals surface area contributed by atoms with E-state index in [9.17, 15) is 4.79 Å². The lowest BCUT2D eigenvalue weighted by Crippen LogP contribution is -2.50.